The van der Waals surface area contributed by atoms with E-state index in [9.17, 15) is 13.9 Å². The van der Waals surface area contributed by atoms with E-state index in [0.29, 0.717) is 34.0 Å². The number of hydrogen-bond donors (Lipinski definition) is 3. The average molecular weight is 507 g/mol. The van der Waals surface area contributed by atoms with Gasteiger partial charge in [0.05, 0.1) is 5.70 Å². The Kier molecular flexibility index (Phi) is 7.26. The number of aromatic hydroxyl groups is 1. The van der Waals surface area contributed by atoms with Gasteiger partial charge in [0.15, 0.2) is 5.11 Å². The molecule has 1 aromatic heterocycles. The normalized spacial score (nSPS) is 10.9. The molecule has 0 radical (unpaired) electrons. The van der Waals surface area contributed by atoms with Gasteiger partial charge in [0.1, 0.15) is 17.4 Å². The number of phenols is 1. The maximum absolute atomic E-state index is 14.2. The minimum absolute atomic E-state index is 0.0229. The van der Waals surface area contributed by atoms with Crippen molar-refractivity contribution in [3.63, 3.8) is 0 Å². The molecule has 0 atom stereocenters. The predicted octanol–water partition coefficient (Wildman–Crippen LogP) is 5.97. The number of thiocarbonyl (C=S) groups is 1. The van der Waals surface area contributed by atoms with Crippen molar-refractivity contribution in [1.82, 2.24) is 9.88 Å². The minimum atomic E-state index is -0.480. The molecule has 0 amide bonds. The molecule has 36 heavy (non-hydrogen) atoms. The van der Waals surface area contributed by atoms with Crippen molar-refractivity contribution in [1.29, 1.82) is 0 Å². The number of aryl methyl sites for hydroxylation is 3. The Labute approximate surface area is 214 Å². The van der Waals surface area contributed by atoms with Crippen molar-refractivity contribution in [2.75, 3.05) is 24.3 Å². The Morgan fingerprint density at radius 2 is 1.78 bits per heavy atom. The second-order valence-electron chi connectivity index (χ2n) is 8.52. The molecule has 0 aliphatic rings. The van der Waals surface area contributed by atoms with E-state index in [-0.39, 0.29) is 12.2 Å². The Hall–Kier alpha value is -3.91. The second kappa shape index (κ2) is 10.4. The number of aromatic nitrogens is 1. The Bertz CT molecular complexity index is 1460. The molecule has 3 aromatic carbocycles. The molecule has 0 saturated heterocycles. The fourth-order valence-electron chi connectivity index (χ4n) is 4.34. The molecular weight excluding hydrogens is 478 g/mol. The zero-order valence-electron chi connectivity index (χ0n) is 20.4. The van der Waals surface area contributed by atoms with Crippen LogP contribution in [0.1, 0.15) is 16.7 Å². The van der Waals surface area contributed by atoms with Crippen molar-refractivity contribution >= 4 is 45.3 Å². The van der Waals surface area contributed by atoms with Gasteiger partial charge in [-0.1, -0.05) is 6.58 Å². The molecule has 1 heterocycles. The van der Waals surface area contributed by atoms with Crippen LogP contribution >= 0.6 is 12.2 Å². The monoisotopic (exact) mass is 506 g/mol. The highest BCUT2D eigenvalue weighted by atomic mass is 32.1. The summed E-state index contributed by atoms with van der Waals surface area (Å²) in [6.45, 7) is 4.26. The van der Waals surface area contributed by atoms with Crippen molar-refractivity contribution < 1.29 is 13.9 Å². The molecule has 0 aliphatic heterocycles. The zero-order chi connectivity index (χ0) is 26.0. The molecule has 0 fully saturated rings. The molecule has 186 valence electrons. The first-order chi connectivity index (χ1) is 17.2. The fourth-order valence-corrected chi connectivity index (χ4v) is 4.56. The molecule has 4 aromatic rings. The summed E-state index contributed by atoms with van der Waals surface area (Å²) < 4.78 is 29.9. The highest BCUT2D eigenvalue weighted by Crippen LogP contribution is 2.36. The van der Waals surface area contributed by atoms with E-state index < -0.39 is 11.6 Å². The molecular formula is C28H28F2N4OS. The molecule has 3 N–H and O–H groups in total. The van der Waals surface area contributed by atoms with E-state index in [4.69, 9.17) is 12.2 Å². The van der Waals surface area contributed by atoms with Crippen LogP contribution < -0.4 is 15.5 Å². The van der Waals surface area contributed by atoms with E-state index in [0.717, 1.165) is 34.3 Å². The van der Waals surface area contributed by atoms with E-state index in [1.165, 1.54) is 6.07 Å². The third kappa shape index (κ3) is 4.90. The van der Waals surface area contributed by atoms with Crippen LogP contribution in [0.5, 0.6) is 5.75 Å². The lowest BCUT2D eigenvalue weighted by molar-refractivity contribution is 0.473. The molecule has 5 nitrogen and oxygen atoms in total. The minimum Gasteiger partial charge on any atom is -0.507 e. The second-order valence-corrected chi connectivity index (χ2v) is 8.91. The van der Waals surface area contributed by atoms with Crippen LogP contribution in [0.15, 0.2) is 67.4 Å². The maximum Gasteiger partial charge on any atom is 0.177 e. The van der Waals surface area contributed by atoms with E-state index >= 15 is 0 Å². The largest absolute Gasteiger partial charge is 0.507 e. The zero-order valence-corrected chi connectivity index (χ0v) is 21.2. The lowest BCUT2D eigenvalue weighted by Gasteiger charge is -2.28. The third-order valence-corrected chi connectivity index (χ3v) is 6.67. The van der Waals surface area contributed by atoms with E-state index in [1.54, 1.807) is 25.1 Å². The number of phenolic OH excluding ortho intramolecular Hbond substituents is 1. The molecule has 0 saturated carbocycles. The molecule has 0 unspecified atom stereocenters. The van der Waals surface area contributed by atoms with Crippen LogP contribution in [0.2, 0.25) is 0 Å². The van der Waals surface area contributed by atoms with E-state index in [1.807, 2.05) is 48.1 Å². The van der Waals surface area contributed by atoms with Gasteiger partial charge >= 0.3 is 0 Å². The molecule has 4 rings (SSSR count). The van der Waals surface area contributed by atoms with Crippen molar-refractivity contribution in [3.8, 4) is 5.75 Å². The van der Waals surface area contributed by atoms with Crippen LogP contribution in [0, 0.1) is 11.6 Å². The highest BCUT2D eigenvalue weighted by Gasteiger charge is 2.21. The first-order valence-electron chi connectivity index (χ1n) is 11.5. The third-order valence-electron chi connectivity index (χ3n) is 6.29. The number of halogens is 2. The number of anilines is 2. The molecule has 0 aliphatic carbocycles. The maximum atomic E-state index is 14.2. The van der Waals surface area contributed by atoms with Crippen LogP contribution in [0.25, 0.3) is 16.6 Å². The summed E-state index contributed by atoms with van der Waals surface area (Å²) in [6, 6.07) is 14.9. The number of nitrogens with one attached hydrogen (secondary N) is 2. The molecule has 0 bridgehead atoms. The average Bonchev–Trinajstić information content (AvgIpc) is 3.24. The quantitative estimate of drug-likeness (QED) is 0.270. The summed E-state index contributed by atoms with van der Waals surface area (Å²) in [6.07, 6.45) is 2.70. The number of fused-ring (bicyclic) bond motifs is 1. The van der Waals surface area contributed by atoms with Gasteiger partial charge in [-0.05, 0) is 84.7 Å². The topological polar surface area (TPSA) is 52.5 Å². The van der Waals surface area contributed by atoms with Crippen LogP contribution in [-0.4, -0.2) is 28.9 Å². The Morgan fingerprint density at radius 3 is 2.50 bits per heavy atom. The first-order valence-corrected chi connectivity index (χ1v) is 11.9. The first kappa shape index (κ1) is 25.2. The lowest BCUT2D eigenvalue weighted by atomic mass is 9.98. The van der Waals surface area contributed by atoms with Gasteiger partial charge in [-0.2, -0.15) is 0 Å². The van der Waals surface area contributed by atoms with Gasteiger partial charge in [-0.3, -0.25) is 4.90 Å². The SMILES string of the molecule is C=C(c1cc(CCc2cc(F)ccc2F)c(NC)cc1O)N(C(=S)NC)c1ccc2c(ccn2C)c1. The summed E-state index contributed by atoms with van der Waals surface area (Å²) in [5.41, 5.74) is 4.63. The summed E-state index contributed by atoms with van der Waals surface area (Å²) in [5, 5.41) is 18.4. The molecule has 8 heteroatoms. The number of hydrogen-bond acceptors (Lipinski definition) is 3. The predicted molar refractivity (Wildman–Crippen MR) is 148 cm³/mol. The smallest absolute Gasteiger partial charge is 0.177 e. The standard InChI is InChI=1S/C28H28F2N4OS/c1-17(34(28(36)32-3)22-8-10-26-20(14-22)11-12-33(26)4)23-15-19(25(31-2)16-27(23)35)6-5-18-13-21(29)7-9-24(18)30/h7-16,31,35H,1,5-6H2,2-4H3,(H,32,36). The highest BCUT2D eigenvalue weighted by molar-refractivity contribution is 7.80. The van der Waals surface area contributed by atoms with Crippen LogP contribution in [0.3, 0.4) is 0 Å². The Morgan fingerprint density at radius 1 is 1.03 bits per heavy atom. The van der Waals surface area contributed by atoms with Gasteiger partial charge < -0.3 is 20.3 Å². The lowest BCUT2D eigenvalue weighted by Crippen LogP contribution is -2.36. The summed E-state index contributed by atoms with van der Waals surface area (Å²) in [5.74, 6) is -0.908. The summed E-state index contributed by atoms with van der Waals surface area (Å²) >= 11 is 5.61. The van der Waals surface area contributed by atoms with E-state index in [2.05, 4.69) is 17.2 Å². The Balaban J connectivity index is 1.72. The number of rotatable bonds is 7. The van der Waals surface area contributed by atoms with Gasteiger partial charge in [-0.15, -0.1) is 0 Å². The van der Waals surface area contributed by atoms with Gasteiger partial charge in [0.25, 0.3) is 0 Å². The van der Waals surface area contributed by atoms with Crippen molar-refractivity contribution in [2.24, 2.45) is 7.05 Å². The van der Waals surface area contributed by atoms with Crippen LogP contribution in [0.4, 0.5) is 20.2 Å². The fraction of sp³-hybridized carbons (Fsp3) is 0.179. The summed E-state index contributed by atoms with van der Waals surface area (Å²) in [7, 11) is 5.45. The summed E-state index contributed by atoms with van der Waals surface area (Å²) in [4.78, 5) is 1.77. The van der Waals surface area contributed by atoms with Crippen molar-refractivity contribution in [3.05, 3.63) is 95.7 Å². The number of nitrogens with zero attached hydrogens (tertiary/aromatic N) is 2. The van der Waals surface area contributed by atoms with Gasteiger partial charge in [-0.25, -0.2) is 8.78 Å². The van der Waals surface area contributed by atoms with Gasteiger partial charge in [0.2, 0.25) is 0 Å². The van der Waals surface area contributed by atoms with Crippen LogP contribution in [-0.2, 0) is 19.9 Å². The molecule has 0 spiro atoms. The van der Waals surface area contributed by atoms with Gasteiger partial charge in [0, 0.05) is 61.2 Å². The number of benzene rings is 3. The van der Waals surface area contributed by atoms with Crippen molar-refractivity contribution in [2.45, 2.75) is 12.8 Å².